The second-order valence-electron chi connectivity index (χ2n) is 4.75. The summed E-state index contributed by atoms with van der Waals surface area (Å²) in [6.45, 7) is 5.22. The average molecular weight is 276 g/mol. The van der Waals surface area contributed by atoms with Gasteiger partial charge in [-0.25, -0.2) is 0 Å². The van der Waals surface area contributed by atoms with E-state index in [-0.39, 0.29) is 0 Å². The van der Waals surface area contributed by atoms with Crippen molar-refractivity contribution in [1.82, 2.24) is 15.5 Å². The molecule has 6 heteroatoms. The highest BCUT2D eigenvalue weighted by molar-refractivity contribution is 5.57. The molecule has 2 rings (SSSR count). The number of hydrogen-bond donors (Lipinski definition) is 2. The third-order valence-corrected chi connectivity index (χ3v) is 2.69. The van der Waals surface area contributed by atoms with Gasteiger partial charge < -0.3 is 19.8 Å². The smallest absolute Gasteiger partial charge is 0.320 e. The van der Waals surface area contributed by atoms with E-state index < -0.39 is 0 Å². The molecule has 20 heavy (non-hydrogen) atoms. The third kappa shape index (κ3) is 4.04. The summed E-state index contributed by atoms with van der Waals surface area (Å²) in [4.78, 5) is 0. The molecule has 6 nitrogen and oxygen atoms in total. The molecular weight excluding hydrogens is 256 g/mol. The van der Waals surface area contributed by atoms with E-state index in [2.05, 4.69) is 34.7 Å². The molecule has 1 aromatic carbocycles. The summed E-state index contributed by atoms with van der Waals surface area (Å²) in [5, 5.41) is 14.3. The Bertz CT molecular complexity index is 539. The number of nitrogens with zero attached hydrogens (tertiary/aromatic N) is 2. The summed E-state index contributed by atoms with van der Waals surface area (Å²) in [5.41, 5.74) is 1.94. The van der Waals surface area contributed by atoms with Crippen LogP contribution in [0.5, 0.6) is 0 Å². The molecule has 0 saturated heterocycles. The lowest BCUT2D eigenvalue weighted by Crippen LogP contribution is -2.21. The fourth-order valence-electron chi connectivity index (χ4n) is 1.71. The van der Waals surface area contributed by atoms with E-state index in [4.69, 9.17) is 9.15 Å². The van der Waals surface area contributed by atoms with Crippen LogP contribution >= 0.6 is 0 Å². The number of hydrogen-bond acceptors (Lipinski definition) is 6. The first-order valence-corrected chi connectivity index (χ1v) is 6.58. The average Bonchev–Trinajstić information content (AvgIpc) is 2.87. The van der Waals surface area contributed by atoms with E-state index in [0.717, 1.165) is 11.3 Å². The number of benzene rings is 1. The van der Waals surface area contributed by atoms with Gasteiger partial charge >= 0.3 is 6.01 Å². The minimum Gasteiger partial charge on any atom is -0.406 e. The van der Waals surface area contributed by atoms with Crippen LogP contribution < -0.4 is 10.6 Å². The van der Waals surface area contributed by atoms with Crippen LogP contribution in [-0.4, -0.2) is 23.3 Å². The molecular formula is C14H20N4O2. The standard InChI is InChI=1S/C14H20N4O2/c1-10(2)15-8-13-17-18-14(20-13)16-12-7-5-4-6-11(12)9-19-3/h4-7,10,15H,8-9H2,1-3H3,(H,16,18). The lowest BCUT2D eigenvalue weighted by Gasteiger charge is -2.08. The molecule has 2 N–H and O–H groups in total. The van der Waals surface area contributed by atoms with E-state index in [1.165, 1.54) is 0 Å². The first kappa shape index (κ1) is 14.5. The molecule has 0 unspecified atom stereocenters. The molecule has 0 radical (unpaired) electrons. The maximum atomic E-state index is 5.53. The fraction of sp³-hybridized carbons (Fsp3) is 0.429. The van der Waals surface area contributed by atoms with Gasteiger partial charge in [-0.2, -0.15) is 0 Å². The van der Waals surface area contributed by atoms with Crippen molar-refractivity contribution in [2.45, 2.75) is 33.0 Å². The van der Waals surface area contributed by atoms with Crippen molar-refractivity contribution in [2.24, 2.45) is 0 Å². The van der Waals surface area contributed by atoms with Crippen molar-refractivity contribution in [3.63, 3.8) is 0 Å². The van der Waals surface area contributed by atoms with Gasteiger partial charge in [0.15, 0.2) is 0 Å². The monoisotopic (exact) mass is 276 g/mol. The fourth-order valence-corrected chi connectivity index (χ4v) is 1.71. The van der Waals surface area contributed by atoms with Gasteiger partial charge in [-0.05, 0) is 6.07 Å². The van der Waals surface area contributed by atoms with E-state index in [1.807, 2.05) is 24.3 Å². The zero-order valence-corrected chi connectivity index (χ0v) is 12.0. The molecule has 0 atom stereocenters. The van der Waals surface area contributed by atoms with Crippen molar-refractivity contribution in [2.75, 3.05) is 12.4 Å². The number of rotatable bonds is 7. The first-order chi connectivity index (χ1) is 9.69. The molecule has 0 fully saturated rings. The molecule has 0 amide bonds. The minimum absolute atomic E-state index is 0.376. The summed E-state index contributed by atoms with van der Waals surface area (Å²) >= 11 is 0. The maximum Gasteiger partial charge on any atom is 0.320 e. The summed E-state index contributed by atoms with van der Waals surface area (Å²) in [6.07, 6.45) is 0. The van der Waals surface area contributed by atoms with Gasteiger partial charge in [0.2, 0.25) is 5.89 Å². The van der Waals surface area contributed by atoms with Crippen LogP contribution in [-0.2, 0) is 17.9 Å². The molecule has 2 aromatic rings. The molecule has 1 heterocycles. The Hall–Kier alpha value is -1.92. The number of ether oxygens (including phenoxy) is 1. The number of methoxy groups -OCH3 is 1. The highest BCUT2D eigenvalue weighted by atomic mass is 16.5. The summed E-state index contributed by atoms with van der Waals surface area (Å²) in [5.74, 6) is 0.561. The van der Waals surface area contributed by atoms with Gasteiger partial charge in [0.1, 0.15) is 0 Å². The SMILES string of the molecule is COCc1ccccc1Nc1nnc(CNC(C)C)o1. The second-order valence-corrected chi connectivity index (χ2v) is 4.75. The van der Waals surface area contributed by atoms with Crippen molar-refractivity contribution >= 4 is 11.7 Å². The summed E-state index contributed by atoms with van der Waals surface area (Å²) in [7, 11) is 1.67. The number of anilines is 2. The molecule has 0 saturated carbocycles. The van der Waals surface area contributed by atoms with Crippen molar-refractivity contribution in [1.29, 1.82) is 0 Å². The molecule has 0 spiro atoms. The van der Waals surface area contributed by atoms with Crippen molar-refractivity contribution < 1.29 is 9.15 Å². The zero-order valence-electron chi connectivity index (χ0n) is 12.0. The topological polar surface area (TPSA) is 72.2 Å². The maximum absolute atomic E-state index is 5.53. The van der Waals surface area contributed by atoms with Crippen LogP contribution in [0.2, 0.25) is 0 Å². The molecule has 1 aromatic heterocycles. The minimum atomic E-state index is 0.376. The normalized spacial score (nSPS) is 11.0. The van der Waals surface area contributed by atoms with Crippen LogP contribution in [0.25, 0.3) is 0 Å². The Morgan fingerprint density at radius 3 is 2.80 bits per heavy atom. The number of nitrogens with one attached hydrogen (secondary N) is 2. The van der Waals surface area contributed by atoms with Crippen LogP contribution in [0.15, 0.2) is 28.7 Å². The van der Waals surface area contributed by atoms with Gasteiger partial charge in [0.25, 0.3) is 0 Å². The predicted octanol–water partition coefficient (Wildman–Crippen LogP) is 2.46. The van der Waals surface area contributed by atoms with E-state index in [1.54, 1.807) is 7.11 Å². The molecule has 0 bridgehead atoms. The Labute approximate surface area is 118 Å². The molecule has 108 valence electrons. The Morgan fingerprint density at radius 1 is 1.25 bits per heavy atom. The molecule has 0 aliphatic rings. The van der Waals surface area contributed by atoms with E-state index in [0.29, 0.717) is 31.1 Å². The van der Waals surface area contributed by atoms with Crippen LogP contribution in [0.1, 0.15) is 25.3 Å². The number of aromatic nitrogens is 2. The Kier molecular flexibility index (Phi) is 5.09. The lowest BCUT2D eigenvalue weighted by atomic mass is 10.2. The first-order valence-electron chi connectivity index (χ1n) is 6.58. The largest absolute Gasteiger partial charge is 0.406 e. The van der Waals surface area contributed by atoms with Gasteiger partial charge in [-0.3, -0.25) is 0 Å². The van der Waals surface area contributed by atoms with Gasteiger partial charge in [0.05, 0.1) is 13.2 Å². The lowest BCUT2D eigenvalue weighted by molar-refractivity contribution is 0.185. The molecule has 0 aliphatic carbocycles. The van der Waals surface area contributed by atoms with Crippen LogP contribution in [0.4, 0.5) is 11.7 Å². The highest BCUT2D eigenvalue weighted by Crippen LogP contribution is 2.20. The Morgan fingerprint density at radius 2 is 2.05 bits per heavy atom. The summed E-state index contributed by atoms with van der Waals surface area (Å²) < 4.78 is 10.7. The second kappa shape index (κ2) is 7.02. The Balaban J connectivity index is 2.03. The quantitative estimate of drug-likeness (QED) is 0.809. The number of para-hydroxylation sites is 1. The van der Waals surface area contributed by atoms with Crippen LogP contribution in [0, 0.1) is 0 Å². The van der Waals surface area contributed by atoms with Gasteiger partial charge in [0, 0.05) is 24.4 Å². The zero-order chi connectivity index (χ0) is 14.4. The van der Waals surface area contributed by atoms with Crippen LogP contribution in [0.3, 0.4) is 0 Å². The van der Waals surface area contributed by atoms with Crippen molar-refractivity contribution in [3.8, 4) is 0 Å². The van der Waals surface area contributed by atoms with E-state index >= 15 is 0 Å². The van der Waals surface area contributed by atoms with Gasteiger partial charge in [-0.1, -0.05) is 37.1 Å². The van der Waals surface area contributed by atoms with E-state index in [9.17, 15) is 0 Å². The summed E-state index contributed by atoms with van der Waals surface area (Å²) in [6, 6.07) is 8.60. The highest BCUT2D eigenvalue weighted by Gasteiger charge is 2.08. The van der Waals surface area contributed by atoms with Gasteiger partial charge in [-0.15, -0.1) is 5.10 Å². The molecule has 0 aliphatic heterocycles. The van der Waals surface area contributed by atoms with Crippen molar-refractivity contribution in [3.05, 3.63) is 35.7 Å². The third-order valence-electron chi connectivity index (χ3n) is 2.69. The predicted molar refractivity (Wildman–Crippen MR) is 76.7 cm³/mol.